The largest absolute Gasteiger partial charge is 0.534 e. The number of fused-ring (bicyclic) bond motifs is 3. The smallest absolute Gasteiger partial charge is 0.493 e. The van der Waals surface area contributed by atoms with Crippen molar-refractivity contribution in [1.29, 1.82) is 0 Å². The molecule has 3 aromatic rings. The molecule has 0 spiro atoms. The van der Waals surface area contributed by atoms with Crippen LogP contribution in [0, 0.1) is 0 Å². The van der Waals surface area contributed by atoms with Crippen LogP contribution in [0.2, 0.25) is 0 Å². The Labute approximate surface area is 191 Å². The van der Waals surface area contributed by atoms with Crippen LogP contribution in [0.4, 0.5) is 13.2 Å². The van der Waals surface area contributed by atoms with Crippen LogP contribution in [-0.2, 0) is 27.8 Å². The fourth-order valence-corrected chi connectivity index (χ4v) is 4.92. The first-order valence-corrected chi connectivity index (χ1v) is 12.0. The first-order chi connectivity index (χ1) is 15.6. The van der Waals surface area contributed by atoms with Crippen molar-refractivity contribution < 1.29 is 40.0 Å². The quantitative estimate of drug-likeness (QED) is 0.273. The van der Waals surface area contributed by atoms with Crippen molar-refractivity contribution in [2.24, 2.45) is 0 Å². The second-order valence-corrected chi connectivity index (χ2v) is 9.52. The first kappa shape index (κ1) is 23.2. The van der Waals surface area contributed by atoms with Crippen LogP contribution >= 0.6 is 11.3 Å². The zero-order valence-corrected chi connectivity index (χ0v) is 19.1. The van der Waals surface area contributed by atoms with Gasteiger partial charge >= 0.3 is 21.6 Å². The highest BCUT2D eigenvalue weighted by atomic mass is 32.2. The Morgan fingerprint density at radius 2 is 1.94 bits per heavy atom. The van der Waals surface area contributed by atoms with Crippen LogP contribution < -0.4 is 8.92 Å². The van der Waals surface area contributed by atoms with E-state index in [2.05, 4.69) is 4.18 Å². The first-order valence-electron chi connectivity index (χ1n) is 9.74. The summed E-state index contributed by atoms with van der Waals surface area (Å²) in [5.41, 5.74) is -2.94. The Morgan fingerprint density at radius 3 is 2.55 bits per heavy atom. The average molecular weight is 502 g/mol. The molecule has 1 aromatic carbocycles. The van der Waals surface area contributed by atoms with E-state index in [0.29, 0.717) is 41.0 Å². The summed E-state index contributed by atoms with van der Waals surface area (Å²) in [5, 5.41) is 1.85. The van der Waals surface area contributed by atoms with Crippen molar-refractivity contribution in [3.05, 3.63) is 47.0 Å². The van der Waals surface area contributed by atoms with Gasteiger partial charge in [-0.2, -0.15) is 21.6 Å². The molecule has 1 aliphatic rings. The molecule has 0 aliphatic carbocycles. The number of halogens is 3. The van der Waals surface area contributed by atoms with E-state index in [1.165, 1.54) is 30.6 Å². The van der Waals surface area contributed by atoms with Crippen LogP contribution in [0.5, 0.6) is 11.5 Å². The summed E-state index contributed by atoms with van der Waals surface area (Å²) >= 11 is 1.42. The van der Waals surface area contributed by atoms with Crippen LogP contribution in [0.25, 0.3) is 21.7 Å². The minimum atomic E-state index is -5.92. The van der Waals surface area contributed by atoms with E-state index in [1.807, 2.05) is 17.5 Å². The van der Waals surface area contributed by atoms with Gasteiger partial charge in [-0.05, 0) is 48.6 Å². The van der Waals surface area contributed by atoms with Gasteiger partial charge in [0, 0.05) is 22.5 Å². The third-order valence-electron chi connectivity index (χ3n) is 5.10. The lowest BCUT2D eigenvalue weighted by atomic mass is 9.95. The average Bonchev–Trinajstić information content (AvgIpc) is 3.40. The zero-order chi connectivity index (χ0) is 24.0. The minimum Gasteiger partial charge on any atom is -0.493 e. The minimum absolute atomic E-state index is 0.148. The highest BCUT2D eigenvalue weighted by molar-refractivity contribution is 7.88. The SMILES string of the molecule is CCOC(=O)c1cc(-c2cccs2)c2n1CCc1cc(OC)c(OS(=O)(=O)C(F)(F)F)cc1-2. The number of aromatic nitrogens is 1. The molecule has 4 rings (SSSR count). The van der Waals surface area contributed by atoms with Gasteiger partial charge in [-0.3, -0.25) is 0 Å². The monoisotopic (exact) mass is 501 g/mol. The number of nitrogens with zero attached hydrogens (tertiary/aromatic N) is 1. The number of alkyl halides is 3. The summed E-state index contributed by atoms with van der Waals surface area (Å²) < 4.78 is 78.5. The van der Waals surface area contributed by atoms with Crippen LogP contribution in [0.3, 0.4) is 0 Å². The van der Waals surface area contributed by atoms with Crippen LogP contribution in [0.1, 0.15) is 23.0 Å². The van der Waals surface area contributed by atoms with E-state index in [9.17, 15) is 26.4 Å². The van der Waals surface area contributed by atoms with Crippen LogP contribution in [-0.4, -0.2) is 38.2 Å². The number of methoxy groups -OCH3 is 1. The molecule has 0 saturated heterocycles. The van der Waals surface area contributed by atoms with Gasteiger partial charge in [0.05, 0.1) is 19.4 Å². The van der Waals surface area contributed by atoms with Gasteiger partial charge in [-0.25, -0.2) is 4.79 Å². The van der Waals surface area contributed by atoms with Crippen molar-refractivity contribution in [2.45, 2.75) is 25.4 Å². The molecule has 0 amide bonds. The van der Waals surface area contributed by atoms with Gasteiger partial charge in [-0.15, -0.1) is 11.3 Å². The lowest BCUT2D eigenvalue weighted by molar-refractivity contribution is -0.0500. The molecule has 0 radical (unpaired) electrons. The standard InChI is InChI=1S/C21H18F3NO6S2/c1-3-30-20(26)15-10-14(18-5-4-8-32-18)19-13-11-17(31-33(27,28)21(22,23)24)16(29-2)9-12(13)6-7-25(15)19/h4-5,8-11H,3,6-7H2,1-2H3. The summed E-state index contributed by atoms with van der Waals surface area (Å²) in [4.78, 5) is 13.4. The van der Waals surface area contributed by atoms with E-state index in [1.54, 1.807) is 17.6 Å². The number of ether oxygens (including phenoxy) is 2. The molecule has 7 nitrogen and oxygen atoms in total. The highest BCUT2D eigenvalue weighted by Crippen LogP contribution is 2.46. The number of esters is 1. The summed E-state index contributed by atoms with van der Waals surface area (Å²) in [6.07, 6.45) is 0.427. The third-order valence-corrected chi connectivity index (χ3v) is 6.97. The molecule has 2 aromatic heterocycles. The van der Waals surface area contributed by atoms with E-state index >= 15 is 0 Å². The van der Waals surface area contributed by atoms with Gasteiger partial charge in [-0.1, -0.05) is 6.07 Å². The number of hydrogen-bond donors (Lipinski definition) is 0. The molecule has 176 valence electrons. The zero-order valence-electron chi connectivity index (χ0n) is 17.4. The summed E-state index contributed by atoms with van der Waals surface area (Å²) in [5.74, 6) is -1.28. The maximum Gasteiger partial charge on any atom is 0.534 e. The maximum absolute atomic E-state index is 12.9. The van der Waals surface area contributed by atoms with Gasteiger partial charge in [0.1, 0.15) is 5.69 Å². The number of rotatable bonds is 6. The Bertz CT molecular complexity index is 1310. The normalized spacial score (nSPS) is 13.2. The van der Waals surface area contributed by atoms with Crippen molar-refractivity contribution in [3.63, 3.8) is 0 Å². The van der Waals surface area contributed by atoms with Gasteiger partial charge in [0.2, 0.25) is 0 Å². The third kappa shape index (κ3) is 4.08. The molecule has 0 atom stereocenters. The molecule has 0 N–H and O–H groups in total. The van der Waals surface area contributed by atoms with Crippen molar-refractivity contribution in [2.75, 3.05) is 13.7 Å². The number of hydrogen-bond acceptors (Lipinski definition) is 7. The summed E-state index contributed by atoms with van der Waals surface area (Å²) in [6, 6.07) is 8.00. The summed E-state index contributed by atoms with van der Waals surface area (Å²) in [7, 11) is -4.71. The molecule has 12 heteroatoms. The van der Waals surface area contributed by atoms with Crippen molar-refractivity contribution in [3.8, 4) is 33.2 Å². The van der Waals surface area contributed by atoms with E-state index in [-0.39, 0.29) is 12.4 Å². The molecule has 33 heavy (non-hydrogen) atoms. The number of carbonyl (C=O) groups excluding carboxylic acids is 1. The Kier molecular flexibility index (Phi) is 5.91. The number of benzene rings is 1. The molecule has 0 fully saturated rings. The van der Waals surface area contributed by atoms with Gasteiger partial charge in [0.25, 0.3) is 0 Å². The van der Waals surface area contributed by atoms with Crippen molar-refractivity contribution in [1.82, 2.24) is 4.57 Å². The number of aryl methyl sites for hydroxylation is 1. The predicted molar refractivity (Wildman–Crippen MR) is 115 cm³/mol. The fourth-order valence-electron chi connectivity index (χ4n) is 3.72. The Morgan fingerprint density at radius 1 is 1.18 bits per heavy atom. The molecule has 0 bridgehead atoms. The lowest BCUT2D eigenvalue weighted by Gasteiger charge is -2.24. The van der Waals surface area contributed by atoms with E-state index in [0.717, 1.165) is 4.88 Å². The predicted octanol–water partition coefficient (Wildman–Crippen LogP) is 4.85. The van der Waals surface area contributed by atoms with Gasteiger partial charge < -0.3 is 18.2 Å². The molecule has 3 heterocycles. The topological polar surface area (TPSA) is 83.8 Å². The molecule has 1 aliphatic heterocycles. The molecular formula is C21H18F3NO6S2. The maximum atomic E-state index is 12.9. The van der Waals surface area contributed by atoms with E-state index < -0.39 is 27.3 Å². The van der Waals surface area contributed by atoms with Gasteiger partial charge in [0.15, 0.2) is 11.5 Å². The molecular weight excluding hydrogens is 483 g/mol. The summed E-state index contributed by atoms with van der Waals surface area (Å²) in [6.45, 7) is 2.27. The molecule has 0 unspecified atom stereocenters. The second kappa shape index (κ2) is 8.41. The van der Waals surface area contributed by atoms with E-state index in [4.69, 9.17) is 9.47 Å². The Hall–Kier alpha value is -2.99. The Balaban J connectivity index is 1.93. The second-order valence-electron chi connectivity index (χ2n) is 7.03. The molecule has 0 saturated carbocycles. The number of carbonyl (C=O) groups is 1. The number of thiophene rings is 1. The highest BCUT2D eigenvalue weighted by Gasteiger charge is 2.49. The van der Waals surface area contributed by atoms with Crippen LogP contribution in [0.15, 0.2) is 35.7 Å². The lowest BCUT2D eigenvalue weighted by Crippen LogP contribution is -2.28. The fraction of sp³-hybridized carbons (Fsp3) is 0.286. The van der Waals surface area contributed by atoms with Crippen molar-refractivity contribution >= 4 is 27.4 Å².